The monoisotopic (exact) mass is 773 g/mol. The average molecular weight is 774 g/mol. The molecule has 7 atom stereocenters. The van der Waals surface area contributed by atoms with Crippen molar-refractivity contribution >= 4 is 11.9 Å². The maximum Gasteiger partial charge on any atom is 0.337 e. The van der Waals surface area contributed by atoms with Crippen molar-refractivity contribution in [1.29, 1.82) is 0 Å². The number of methoxy groups -OCH3 is 1. The zero-order valence-corrected chi connectivity index (χ0v) is 32.4. The minimum Gasteiger partial charge on any atom is -0.467 e. The fourth-order valence-corrected chi connectivity index (χ4v) is 6.86. The predicted molar refractivity (Wildman–Crippen MR) is 214 cm³/mol. The number of nitrogens with one attached hydrogen (secondary N) is 1. The summed E-state index contributed by atoms with van der Waals surface area (Å²) in [4.78, 5) is 27.0. The van der Waals surface area contributed by atoms with E-state index in [0.717, 1.165) is 27.8 Å². The Hall–Kier alpha value is -5.20. The molecule has 0 bridgehead atoms. The van der Waals surface area contributed by atoms with Crippen molar-refractivity contribution in [2.24, 2.45) is 0 Å². The maximum absolute atomic E-state index is 13.8. The third kappa shape index (κ3) is 12.4. The summed E-state index contributed by atoms with van der Waals surface area (Å²) >= 11 is 0. The Morgan fingerprint density at radius 2 is 1.00 bits per heavy atom. The molecule has 0 saturated carbocycles. The number of rotatable bonds is 20. The molecule has 10 heteroatoms. The van der Waals surface area contributed by atoms with Crippen LogP contribution in [0, 0.1) is 0 Å². The summed E-state index contributed by atoms with van der Waals surface area (Å²) in [6, 6.07) is 47.8. The molecule has 0 spiro atoms. The van der Waals surface area contributed by atoms with E-state index in [1.807, 2.05) is 152 Å². The van der Waals surface area contributed by atoms with Gasteiger partial charge in [0.1, 0.15) is 30.5 Å². The van der Waals surface area contributed by atoms with Gasteiger partial charge in [-0.2, -0.15) is 0 Å². The van der Waals surface area contributed by atoms with Crippen LogP contribution in [0.4, 0.5) is 0 Å². The summed E-state index contributed by atoms with van der Waals surface area (Å²) in [7, 11) is 1.31. The molecular formula is C47H51NO9. The van der Waals surface area contributed by atoms with Crippen molar-refractivity contribution in [2.45, 2.75) is 82.6 Å². The first-order valence-electron chi connectivity index (χ1n) is 19.2. The van der Waals surface area contributed by atoms with E-state index in [1.165, 1.54) is 14.0 Å². The van der Waals surface area contributed by atoms with Crippen LogP contribution in [0.5, 0.6) is 0 Å². The molecule has 5 aromatic rings. The Bertz CT molecular complexity index is 1900. The number of amides is 1. The lowest BCUT2D eigenvalue weighted by Gasteiger charge is -2.48. The summed E-state index contributed by atoms with van der Waals surface area (Å²) < 4.78 is 45.4. The highest BCUT2D eigenvalue weighted by atomic mass is 16.6. The van der Waals surface area contributed by atoms with Gasteiger partial charge in [0.15, 0.2) is 6.10 Å². The molecule has 0 aromatic heterocycles. The van der Waals surface area contributed by atoms with E-state index in [9.17, 15) is 9.59 Å². The highest BCUT2D eigenvalue weighted by Gasteiger charge is 2.55. The molecule has 0 radical (unpaired) electrons. The largest absolute Gasteiger partial charge is 0.467 e. The SMILES string of the molecule is COC(=O)[C@H]1O[C@@H]([C@H](OCc2ccccc2)[C@@H](COCc2ccccc2)OCc2ccccc2)[C@H](NC(C)=O)[C@@H](OCc2ccccc2)[C@@H]1OCc1ccccc1. The lowest BCUT2D eigenvalue weighted by molar-refractivity contribution is -0.259. The van der Waals surface area contributed by atoms with E-state index in [4.69, 9.17) is 33.2 Å². The van der Waals surface area contributed by atoms with Crippen LogP contribution in [0.3, 0.4) is 0 Å². The van der Waals surface area contributed by atoms with Crippen LogP contribution in [0.15, 0.2) is 152 Å². The van der Waals surface area contributed by atoms with Crippen LogP contribution in [0.1, 0.15) is 34.7 Å². The van der Waals surface area contributed by atoms with Crippen LogP contribution in [0.25, 0.3) is 0 Å². The number of carbonyl (C=O) groups is 2. The second kappa shape index (κ2) is 21.9. The summed E-state index contributed by atoms with van der Waals surface area (Å²) in [5.41, 5.74) is 4.63. The third-order valence-corrected chi connectivity index (χ3v) is 9.68. The van der Waals surface area contributed by atoms with Gasteiger partial charge in [-0.15, -0.1) is 0 Å². The van der Waals surface area contributed by atoms with Crippen LogP contribution in [-0.2, 0) is 75.8 Å². The van der Waals surface area contributed by atoms with Crippen LogP contribution < -0.4 is 5.32 Å². The molecular weight excluding hydrogens is 723 g/mol. The first kappa shape index (κ1) is 41.4. The molecule has 0 aliphatic carbocycles. The van der Waals surface area contributed by atoms with Gasteiger partial charge in [0.2, 0.25) is 5.91 Å². The standard InChI is InChI=1S/C47H51NO9/c1-34(49)48-41-43(55-31-38-24-14-6-15-25-38)45(56-32-39-26-16-7-17-27-39)46(47(50)51-2)57-44(41)42(54-30-37-22-12-5-13-23-37)40(53-29-36-20-10-4-11-21-36)33-52-28-35-18-8-3-9-19-35/h3-27,40-46H,28-33H2,1-2H3,(H,48,49)/t40-,41-,42-,43-,44-,45+,46+/m1/s1. The smallest absolute Gasteiger partial charge is 0.337 e. The maximum atomic E-state index is 13.8. The summed E-state index contributed by atoms with van der Waals surface area (Å²) in [6.07, 6.45) is -5.86. The Morgan fingerprint density at radius 1 is 0.579 bits per heavy atom. The Kier molecular flexibility index (Phi) is 15.9. The van der Waals surface area contributed by atoms with Gasteiger partial charge in [0.05, 0.1) is 52.8 Å². The van der Waals surface area contributed by atoms with Gasteiger partial charge in [0.25, 0.3) is 0 Å². The molecule has 1 aliphatic rings. The molecule has 6 rings (SSSR count). The van der Waals surface area contributed by atoms with E-state index in [1.54, 1.807) is 0 Å². The van der Waals surface area contributed by atoms with Gasteiger partial charge in [-0.3, -0.25) is 4.79 Å². The topological polar surface area (TPSA) is 111 Å². The van der Waals surface area contributed by atoms with Crippen molar-refractivity contribution < 1.29 is 42.7 Å². The number of carbonyl (C=O) groups excluding carboxylic acids is 2. The number of esters is 1. The second-order valence-electron chi connectivity index (χ2n) is 13.9. The second-order valence-corrected chi connectivity index (χ2v) is 13.9. The fourth-order valence-electron chi connectivity index (χ4n) is 6.86. The van der Waals surface area contributed by atoms with Crippen LogP contribution in [-0.4, -0.2) is 68.3 Å². The van der Waals surface area contributed by atoms with Crippen molar-refractivity contribution in [3.8, 4) is 0 Å². The van der Waals surface area contributed by atoms with E-state index in [2.05, 4.69) is 5.32 Å². The third-order valence-electron chi connectivity index (χ3n) is 9.68. The van der Waals surface area contributed by atoms with Crippen LogP contribution in [0.2, 0.25) is 0 Å². The van der Waals surface area contributed by atoms with E-state index in [0.29, 0.717) is 6.61 Å². The van der Waals surface area contributed by atoms with Crippen molar-refractivity contribution in [3.63, 3.8) is 0 Å². The zero-order chi connectivity index (χ0) is 39.7. The van der Waals surface area contributed by atoms with Crippen LogP contribution >= 0.6 is 0 Å². The molecule has 1 fully saturated rings. The lowest BCUT2D eigenvalue weighted by Crippen LogP contribution is -2.70. The normalized spacial score (nSPS) is 20.3. The van der Waals surface area contributed by atoms with Gasteiger partial charge in [-0.25, -0.2) is 4.79 Å². The number of benzene rings is 5. The van der Waals surface area contributed by atoms with Gasteiger partial charge in [0, 0.05) is 6.92 Å². The van der Waals surface area contributed by atoms with E-state index >= 15 is 0 Å². The van der Waals surface area contributed by atoms with Gasteiger partial charge >= 0.3 is 5.97 Å². The zero-order valence-electron chi connectivity index (χ0n) is 32.4. The number of hydrogen-bond donors (Lipinski definition) is 1. The average Bonchev–Trinajstić information content (AvgIpc) is 3.25. The van der Waals surface area contributed by atoms with Gasteiger partial charge < -0.3 is 38.5 Å². The quantitative estimate of drug-likeness (QED) is 0.0838. The molecule has 1 heterocycles. The molecule has 0 unspecified atom stereocenters. The highest BCUT2D eigenvalue weighted by molar-refractivity contribution is 5.76. The Labute approximate surface area is 335 Å². The van der Waals surface area contributed by atoms with Crippen molar-refractivity contribution in [2.75, 3.05) is 13.7 Å². The van der Waals surface area contributed by atoms with E-state index < -0.39 is 48.6 Å². The molecule has 298 valence electrons. The number of ether oxygens (including phenoxy) is 7. The van der Waals surface area contributed by atoms with Gasteiger partial charge in [-0.05, 0) is 27.8 Å². The summed E-state index contributed by atoms with van der Waals surface area (Å²) in [5, 5.41) is 3.12. The Morgan fingerprint density at radius 3 is 1.46 bits per heavy atom. The van der Waals surface area contributed by atoms with E-state index in [-0.39, 0.29) is 38.9 Å². The lowest BCUT2D eigenvalue weighted by atomic mass is 9.87. The molecule has 57 heavy (non-hydrogen) atoms. The highest BCUT2D eigenvalue weighted by Crippen LogP contribution is 2.33. The van der Waals surface area contributed by atoms with Crippen molar-refractivity contribution in [1.82, 2.24) is 5.32 Å². The summed E-state index contributed by atoms with van der Waals surface area (Å²) in [6.45, 7) is 2.58. The molecule has 1 amide bonds. The molecule has 1 aliphatic heterocycles. The number of hydrogen-bond acceptors (Lipinski definition) is 9. The first-order chi connectivity index (χ1) is 28.0. The molecule has 10 nitrogen and oxygen atoms in total. The van der Waals surface area contributed by atoms with Crippen molar-refractivity contribution in [3.05, 3.63) is 179 Å². The minimum atomic E-state index is -1.27. The predicted octanol–water partition coefficient (Wildman–Crippen LogP) is 6.99. The molecule has 1 saturated heterocycles. The van der Waals surface area contributed by atoms with Gasteiger partial charge in [-0.1, -0.05) is 152 Å². The first-order valence-corrected chi connectivity index (χ1v) is 19.2. The molecule has 1 N–H and O–H groups in total. The Balaban J connectivity index is 1.40. The summed E-state index contributed by atoms with van der Waals surface area (Å²) in [5.74, 6) is -0.985. The fraction of sp³-hybridized carbons (Fsp3) is 0.319. The minimum absolute atomic E-state index is 0.0974. The molecule has 5 aromatic carbocycles.